The molecule has 4 nitrogen and oxygen atoms in total. The molecule has 1 aromatic heterocycles. The fourth-order valence-corrected chi connectivity index (χ4v) is 1.86. The van der Waals surface area contributed by atoms with Crippen LogP contribution in [0.2, 0.25) is 0 Å². The fourth-order valence-electron chi connectivity index (χ4n) is 1.44. The minimum absolute atomic E-state index is 0.193. The number of anilines is 1. The zero-order chi connectivity index (χ0) is 12.0. The smallest absolute Gasteiger partial charge is 0.131 e. The molecule has 16 heavy (non-hydrogen) atoms. The third-order valence-corrected chi connectivity index (χ3v) is 2.79. The molecule has 1 atom stereocenters. The molecule has 1 heterocycles. The molecule has 0 amide bonds. The molecule has 90 valence electrons. The van der Waals surface area contributed by atoms with Crippen molar-refractivity contribution in [2.45, 2.75) is 39.2 Å². The van der Waals surface area contributed by atoms with Gasteiger partial charge in [0.1, 0.15) is 16.2 Å². The second-order valence-corrected chi connectivity index (χ2v) is 4.42. The number of hydrogen-bond acceptors (Lipinski definition) is 4. The van der Waals surface area contributed by atoms with Crippen LogP contribution in [-0.4, -0.2) is 27.7 Å². The predicted octanol–water partition coefficient (Wildman–Crippen LogP) is 2.37. The van der Waals surface area contributed by atoms with E-state index in [1.54, 1.807) is 0 Å². The SMILES string of the molecule is CCc1nc(Br)cc(NC(CC)CCO)n1. The molecular formula is C11H18BrN3O. The summed E-state index contributed by atoms with van der Waals surface area (Å²) < 4.78 is 0.792. The zero-order valence-corrected chi connectivity index (χ0v) is 11.3. The maximum atomic E-state index is 8.92. The van der Waals surface area contributed by atoms with E-state index in [0.717, 1.165) is 35.5 Å². The first kappa shape index (κ1) is 13.4. The summed E-state index contributed by atoms with van der Waals surface area (Å²) >= 11 is 3.36. The minimum Gasteiger partial charge on any atom is -0.396 e. The van der Waals surface area contributed by atoms with E-state index in [9.17, 15) is 0 Å². The number of nitrogens with one attached hydrogen (secondary N) is 1. The van der Waals surface area contributed by atoms with Crippen LogP contribution < -0.4 is 5.32 Å². The second kappa shape index (κ2) is 6.81. The van der Waals surface area contributed by atoms with Crippen LogP contribution in [0.4, 0.5) is 5.82 Å². The molecule has 5 heteroatoms. The Morgan fingerprint density at radius 1 is 1.44 bits per heavy atom. The highest BCUT2D eigenvalue weighted by atomic mass is 79.9. The molecule has 2 N–H and O–H groups in total. The third-order valence-electron chi connectivity index (χ3n) is 2.38. The lowest BCUT2D eigenvalue weighted by Crippen LogP contribution is -2.21. The molecule has 1 aromatic rings. The number of halogens is 1. The predicted molar refractivity (Wildman–Crippen MR) is 68.5 cm³/mol. The van der Waals surface area contributed by atoms with Crippen LogP contribution in [0.5, 0.6) is 0 Å². The Morgan fingerprint density at radius 3 is 2.75 bits per heavy atom. The Kier molecular flexibility index (Phi) is 5.69. The van der Waals surface area contributed by atoms with E-state index >= 15 is 0 Å². The normalized spacial score (nSPS) is 12.5. The molecule has 0 saturated carbocycles. The van der Waals surface area contributed by atoms with E-state index in [-0.39, 0.29) is 12.6 Å². The quantitative estimate of drug-likeness (QED) is 0.789. The van der Waals surface area contributed by atoms with Gasteiger partial charge in [-0.25, -0.2) is 9.97 Å². The first-order valence-electron chi connectivity index (χ1n) is 5.60. The van der Waals surface area contributed by atoms with Crippen LogP contribution in [0.3, 0.4) is 0 Å². The fraction of sp³-hybridized carbons (Fsp3) is 0.636. The van der Waals surface area contributed by atoms with Gasteiger partial charge in [-0.3, -0.25) is 0 Å². The van der Waals surface area contributed by atoms with E-state index in [2.05, 4.69) is 38.1 Å². The number of aryl methyl sites for hydroxylation is 1. The van der Waals surface area contributed by atoms with Gasteiger partial charge in [-0.05, 0) is 28.8 Å². The topological polar surface area (TPSA) is 58.0 Å². The van der Waals surface area contributed by atoms with Crippen molar-refractivity contribution in [1.29, 1.82) is 0 Å². The Labute approximate surface area is 105 Å². The molecule has 0 radical (unpaired) electrons. The van der Waals surface area contributed by atoms with Gasteiger partial charge in [0.15, 0.2) is 0 Å². The third kappa shape index (κ3) is 4.06. The van der Waals surface area contributed by atoms with Crippen molar-refractivity contribution in [2.75, 3.05) is 11.9 Å². The first-order chi connectivity index (χ1) is 7.69. The molecular weight excluding hydrogens is 270 g/mol. The molecule has 1 unspecified atom stereocenters. The summed E-state index contributed by atoms with van der Waals surface area (Å²) in [5, 5.41) is 12.2. The number of nitrogens with zero attached hydrogens (tertiary/aromatic N) is 2. The molecule has 0 aliphatic carbocycles. The van der Waals surface area contributed by atoms with Crippen molar-refractivity contribution >= 4 is 21.7 Å². The maximum absolute atomic E-state index is 8.92. The van der Waals surface area contributed by atoms with Crippen LogP contribution in [0, 0.1) is 0 Å². The summed E-state index contributed by atoms with van der Waals surface area (Å²) in [6.07, 6.45) is 2.51. The molecule has 0 bridgehead atoms. The van der Waals surface area contributed by atoms with E-state index in [1.165, 1.54) is 0 Å². The van der Waals surface area contributed by atoms with Crippen molar-refractivity contribution in [1.82, 2.24) is 9.97 Å². The molecule has 0 aromatic carbocycles. The molecule has 0 spiro atoms. The average molecular weight is 288 g/mol. The van der Waals surface area contributed by atoms with Gasteiger partial charge in [-0.2, -0.15) is 0 Å². The molecule has 0 aliphatic heterocycles. The van der Waals surface area contributed by atoms with Crippen LogP contribution in [0.15, 0.2) is 10.7 Å². The zero-order valence-electron chi connectivity index (χ0n) is 9.70. The highest BCUT2D eigenvalue weighted by Crippen LogP contribution is 2.15. The Morgan fingerprint density at radius 2 is 2.19 bits per heavy atom. The van der Waals surface area contributed by atoms with Crippen molar-refractivity contribution in [3.05, 3.63) is 16.5 Å². The van der Waals surface area contributed by atoms with Crippen LogP contribution in [0.1, 0.15) is 32.5 Å². The van der Waals surface area contributed by atoms with Crippen LogP contribution >= 0.6 is 15.9 Å². The molecule has 0 fully saturated rings. The maximum Gasteiger partial charge on any atom is 0.131 e. The second-order valence-electron chi connectivity index (χ2n) is 3.61. The van der Waals surface area contributed by atoms with Crippen molar-refractivity contribution in [3.63, 3.8) is 0 Å². The number of rotatable bonds is 6. The summed E-state index contributed by atoms with van der Waals surface area (Å²) in [7, 11) is 0. The molecule has 1 rings (SSSR count). The number of aromatic nitrogens is 2. The highest BCUT2D eigenvalue weighted by Gasteiger charge is 2.07. The highest BCUT2D eigenvalue weighted by molar-refractivity contribution is 9.10. The minimum atomic E-state index is 0.193. The Hall–Kier alpha value is -0.680. The lowest BCUT2D eigenvalue weighted by molar-refractivity contribution is 0.278. The first-order valence-corrected chi connectivity index (χ1v) is 6.39. The van der Waals surface area contributed by atoms with Crippen molar-refractivity contribution in [2.24, 2.45) is 0 Å². The van der Waals surface area contributed by atoms with Crippen LogP contribution in [0.25, 0.3) is 0 Å². The van der Waals surface area contributed by atoms with Gasteiger partial charge < -0.3 is 10.4 Å². The monoisotopic (exact) mass is 287 g/mol. The number of hydrogen-bond donors (Lipinski definition) is 2. The van der Waals surface area contributed by atoms with E-state index in [4.69, 9.17) is 5.11 Å². The van der Waals surface area contributed by atoms with Gasteiger partial charge in [0.25, 0.3) is 0 Å². The van der Waals surface area contributed by atoms with Crippen molar-refractivity contribution < 1.29 is 5.11 Å². The number of aliphatic hydroxyl groups is 1. The van der Waals surface area contributed by atoms with Gasteiger partial charge in [-0.15, -0.1) is 0 Å². The lowest BCUT2D eigenvalue weighted by atomic mass is 10.1. The molecule has 0 aliphatic rings. The van der Waals surface area contributed by atoms with Crippen LogP contribution in [-0.2, 0) is 6.42 Å². The van der Waals surface area contributed by atoms with Gasteiger partial charge in [0, 0.05) is 25.1 Å². The molecule has 0 saturated heterocycles. The van der Waals surface area contributed by atoms with Gasteiger partial charge in [0.2, 0.25) is 0 Å². The summed E-state index contributed by atoms with van der Waals surface area (Å²) in [6, 6.07) is 2.12. The standard InChI is InChI=1S/C11H18BrN3O/c1-3-8(5-6-16)13-11-7-9(12)14-10(4-2)15-11/h7-8,16H,3-6H2,1-2H3,(H,13,14,15). The largest absolute Gasteiger partial charge is 0.396 e. The van der Waals surface area contributed by atoms with Crippen molar-refractivity contribution in [3.8, 4) is 0 Å². The number of aliphatic hydroxyl groups excluding tert-OH is 1. The van der Waals surface area contributed by atoms with Gasteiger partial charge in [-0.1, -0.05) is 13.8 Å². The summed E-state index contributed by atoms with van der Waals surface area (Å²) in [5.41, 5.74) is 0. The van der Waals surface area contributed by atoms with E-state index in [0.29, 0.717) is 0 Å². The van der Waals surface area contributed by atoms with Gasteiger partial charge >= 0.3 is 0 Å². The van der Waals surface area contributed by atoms with E-state index in [1.807, 2.05) is 13.0 Å². The average Bonchev–Trinajstić information content (AvgIpc) is 2.27. The van der Waals surface area contributed by atoms with Gasteiger partial charge in [0.05, 0.1) is 0 Å². The van der Waals surface area contributed by atoms with E-state index < -0.39 is 0 Å². The summed E-state index contributed by atoms with van der Waals surface area (Å²) in [6.45, 7) is 4.30. The lowest BCUT2D eigenvalue weighted by Gasteiger charge is -2.16. The summed E-state index contributed by atoms with van der Waals surface area (Å²) in [4.78, 5) is 8.64. The Balaban J connectivity index is 2.74. The summed E-state index contributed by atoms with van der Waals surface area (Å²) in [5.74, 6) is 1.63. The Bertz CT molecular complexity index is 333.